The van der Waals surface area contributed by atoms with Crippen LogP contribution in [0.3, 0.4) is 0 Å². The maximum absolute atomic E-state index is 12.8. The van der Waals surface area contributed by atoms with Crippen molar-refractivity contribution in [1.82, 2.24) is 10.6 Å². The van der Waals surface area contributed by atoms with E-state index in [1.54, 1.807) is 30.3 Å². The number of rotatable bonds is 7. The van der Waals surface area contributed by atoms with Crippen LogP contribution in [0.25, 0.3) is 6.08 Å². The number of hydrogen-bond donors (Lipinski definition) is 2. The summed E-state index contributed by atoms with van der Waals surface area (Å²) in [6.07, 6.45) is 3.17. The Morgan fingerprint density at radius 3 is 2.67 bits per heavy atom. The Labute approximate surface area is 174 Å². The number of nitrogens with one attached hydrogen (secondary N) is 2. The normalized spacial score (nSPS) is 16.2. The van der Waals surface area contributed by atoms with Gasteiger partial charge in [-0.25, -0.2) is 0 Å². The predicted octanol–water partition coefficient (Wildman–Crippen LogP) is 2.97. The number of nitro benzene ring substituents is 1. The van der Waals surface area contributed by atoms with E-state index in [1.165, 1.54) is 24.3 Å². The van der Waals surface area contributed by atoms with Crippen molar-refractivity contribution in [2.24, 2.45) is 0 Å². The molecular weight excluding hydrogens is 386 g/mol. The number of nitrogens with zero attached hydrogens (tertiary/aromatic N) is 1. The van der Waals surface area contributed by atoms with Crippen molar-refractivity contribution in [2.45, 2.75) is 25.9 Å². The highest BCUT2D eigenvalue weighted by Gasteiger charge is 2.19. The molecular formula is C22H23N3O5. The van der Waals surface area contributed by atoms with Gasteiger partial charge >= 0.3 is 0 Å². The molecule has 2 aromatic carbocycles. The molecule has 0 aromatic heterocycles. The molecule has 8 nitrogen and oxygen atoms in total. The molecule has 0 saturated carbocycles. The van der Waals surface area contributed by atoms with Crippen LogP contribution in [0.4, 0.5) is 5.69 Å². The van der Waals surface area contributed by atoms with Crippen molar-refractivity contribution in [2.75, 3.05) is 13.2 Å². The second-order valence-corrected chi connectivity index (χ2v) is 7.08. The molecule has 1 saturated heterocycles. The summed E-state index contributed by atoms with van der Waals surface area (Å²) >= 11 is 0. The highest BCUT2D eigenvalue weighted by molar-refractivity contribution is 6.05. The molecule has 0 spiro atoms. The standard InChI is InChI=1S/C22H23N3O5/c1-15-7-9-17(10-8-15)21(26)24-20(22(27)23-14-19-6-3-11-30-19)13-16-4-2-5-18(12-16)25(28)29/h2,4-5,7-10,12-13,19H,3,6,11,14H2,1H3,(H,23,27)(H,24,26)/b20-13-/t19-/m0/s1. The van der Waals surface area contributed by atoms with Gasteiger partial charge in [0, 0.05) is 30.8 Å². The van der Waals surface area contributed by atoms with Crippen LogP contribution in [-0.4, -0.2) is 36.0 Å². The summed E-state index contributed by atoms with van der Waals surface area (Å²) < 4.78 is 5.51. The Kier molecular flexibility index (Phi) is 6.92. The largest absolute Gasteiger partial charge is 0.376 e. The molecule has 2 N–H and O–H groups in total. The van der Waals surface area contributed by atoms with Gasteiger partial charge in [-0.15, -0.1) is 0 Å². The number of ether oxygens (including phenoxy) is 1. The Balaban J connectivity index is 1.82. The van der Waals surface area contributed by atoms with E-state index >= 15 is 0 Å². The molecule has 30 heavy (non-hydrogen) atoms. The Morgan fingerprint density at radius 2 is 2.00 bits per heavy atom. The summed E-state index contributed by atoms with van der Waals surface area (Å²) in [4.78, 5) is 35.9. The van der Waals surface area contributed by atoms with Crippen LogP contribution in [0.15, 0.2) is 54.2 Å². The molecule has 0 radical (unpaired) electrons. The summed E-state index contributed by atoms with van der Waals surface area (Å²) in [5, 5.41) is 16.4. The highest BCUT2D eigenvalue weighted by Crippen LogP contribution is 2.16. The molecule has 8 heteroatoms. The average Bonchev–Trinajstić information content (AvgIpc) is 3.26. The SMILES string of the molecule is Cc1ccc(C(=O)N/C(=C\c2cccc([N+](=O)[O-])c2)C(=O)NC[C@@H]2CCCO2)cc1. The van der Waals surface area contributed by atoms with Crippen molar-refractivity contribution in [3.8, 4) is 0 Å². The molecule has 0 bridgehead atoms. The van der Waals surface area contributed by atoms with Crippen LogP contribution in [-0.2, 0) is 9.53 Å². The fourth-order valence-corrected chi connectivity index (χ4v) is 3.06. The number of nitro groups is 1. The van der Waals surface area contributed by atoms with Gasteiger partial charge in [0.25, 0.3) is 17.5 Å². The summed E-state index contributed by atoms with van der Waals surface area (Å²) in [5.41, 5.74) is 1.73. The summed E-state index contributed by atoms with van der Waals surface area (Å²) in [5.74, 6) is -0.934. The fourth-order valence-electron chi connectivity index (χ4n) is 3.06. The summed E-state index contributed by atoms with van der Waals surface area (Å²) in [6.45, 7) is 2.90. The van der Waals surface area contributed by atoms with E-state index in [2.05, 4.69) is 10.6 Å². The molecule has 1 aliphatic heterocycles. The third-order valence-corrected chi connectivity index (χ3v) is 4.71. The van der Waals surface area contributed by atoms with Crippen LogP contribution in [0.2, 0.25) is 0 Å². The highest BCUT2D eigenvalue weighted by atomic mass is 16.6. The van der Waals surface area contributed by atoms with Crippen LogP contribution >= 0.6 is 0 Å². The van der Waals surface area contributed by atoms with E-state index in [0.717, 1.165) is 18.4 Å². The maximum Gasteiger partial charge on any atom is 0.270 e. The van der Waals surface area contributed by atoms with Crippen LogP contribution in [0, 0.1) is 17.0 Å². The van der Waals surface area contributed by atoms with Crippen molar-refractivity contribution in [1.29, 1.82) is 0 Å². The average molecular weight is 409 g/mol. The first-order valence-corrected chi connectivity index (χ1v) is 9.66. The first kappa shape index (κ1) is 21.2. The number of carbonyl (C=O) groups excluding carboxylic acids is 2. The molecule has 1 aliphatic rings. The molecule has 1 atom stereocenters. The Bertz CT molecular complexity index is 963. The first-order valence-electron chi connectivity index (χ1n) is 9.66. The van der Waals surface area contributed by atoms with Crippen molar-refractivity contribution >= 4 is 23.6 Å². The Morgan fingerprint density at radius 1 is 1.23 bits per heavy atom. The molecule has 1 heterocycles. The van der Waals surface area contributed by atoms with Crippen LogP contribution in [0.1, 0.15) is 34.3 Å². The topological polar surface area (TPSA) is 111 Å². The number of non-ortho nitro benzene ring substituents is 1. The van der Waals surface area contributed by atoms with Gasteiger partial charge in [0.2, 0.25) is 0 Å². The molecule has 156 valence electrons. The molecule has 1 fully saturated rings. The molecule has 3 rings (SSSR count). The van der Waals surface area contributed by atoms with E-state index in [1.807, 2.05) is 6.92 Å². The van der Waals surface area contributed by atoms with E-state index in [4.69, 9.17) is 4.74 Å². The lowest BCUT2D eigenvalue weighted by atomic mass is 10.1. The summed E-state index contributed by atoms with van der Waals surface area (Å²) in [6, 6.07) is 12.8. The number of aryl methyl sites for hydroxylation is 1. The minimum Gasteiger partial charge on any atom is -0.376 e. The third-order valence-electron chi connectivity index (χ3n) is 4.71. The van der Waals surface area contributed by atoms with Gasteiger partial charge in [-0.2, -0.15) is 0 Å². The number of carbonyl (C=O) groups is 2. The number of benzene rings is 2. The van der Waals surface area contributed by atoms with Gasteiger partial charge in [-0.05, 0) is 43.5 Å². The van der Waals surface area contributed by atoms with Gasteiger partial charge in [0.15, 0.2) is 0 Å². The van der Waals surface area contributed by atoms with Gasteiger partial charge in [0.05, 0.1) is 11.0 Å². The zero-order valence-corrected chi connectivity index (χ0v) is 16.6. The lowest BCUT2D eigenvalue weighted by Crippen LogP contribution is -2.38. The summed E-state index contributed by atoms with van der Waals surface area (Å²) in [7, 11) is 0. The van der Waals surface area contributed by atoms with Crippen LogP contribution < -0.4 is 10.6 Å². The Hall–Kier alpha value is -3.52. The molecule has 0 aliphatic carbocycles. The van der Waals surface area contributed by atoms with Crippen molar-refractivity contribution in [3.05, 3.63) is 81.0 Å². The smallest absolute Gasteiger partial charge is 0.270 e. The predicted molar refractivity (Wildman–Crippen MR) is 112 cm³/mol. The van der Waals surface area contributed by atoms with E-state index in [-0.39, 0.29) is 17.5 Å². The number of amides is 2. The monoisotopic (exact) mass is 409 g/mol. The van der Waals surface area contributed by atoms with Crippen LogP contribution in [0.5, 0.6) is 0 Å². The van der Waals surface area contributed by atoms with Gasteiger partial charge in [0.1, 0.15) is 5.70 Å². The molecule has 2 amide bonds. The quantitative estimate of drug-likeness (QED) is 0.415. The number of hydrogen-bond acceptors (Lipinski definition) is 5. The second kappa shape index (κ2) is 9.80. The zero-order chi connectivity index (χ0) is 21.5. The minimum absolute atomic E-state index is 0.000861. The third kappa shape index (κ3) is 5.74. The first-order chi connectivity index (χ1) is 14.4. The zero-order valence-electron chi connectivity index (χ0n) is 16.6. The van der Waals surface area contributed by atoms with Gasteiger partial charge in [-0.1, -0.05) is 29.8 Å². The fraction of sp³-hybridized carbons (Fsp3) is 0.273. The molecule has 0 unspecified atom stereocenters. The lowest BCUT2D eigenvalue weighted by molar-refractivity contribution is -0.384. The van der Waals surface area contributed by atoms with Crippen molar-refractivity contribution < 1.29 is 19.2 Å². The lowest BCUT2D eigenvalue weighted by Gasteiger charge is -2.14. The van der Waals surface area contributed by atoms with Gasteiger partial charge in [-0.3, -0.25) is 19.7 Å². The van der Waals surface area contributed by atoms with Gasteiger partial charge < -0.3 is 15.4 Å². The minimum atomic E-state index is -0.514. The van der Waals surface area contributed by atoms with E-state index in [9.17, 15) is 19.7 Å². The van der Waals surface area contributed by atoms with Crippen molar-refractivity contribution in [3.63, 3.8) is 0 Å². The maximum atomic E-state index is 12.8. The van der Waals surface area contributed by atoms with E-state index < -0.39 is 16.7 Å². The van der Waals surface area contributed by atoms with E-state index in [0.29, 0.717) is 24.3 Å². The molecule has 2 aromatic rings. The second-order valence-electron chi connectivity index (χ2n) is 7.08.